The summed E-state index contributed by atoms with van der Waals surface area (Å²) in [5.41, 5.74) is 2.87. The van der Waals surface area contributed by atoms with Gasteiger partial charge in [-0.25, -0.2) is 4.68 Å². The van der Waals surface area contributed by atoms with E-state index in [9.17, 15) is 9.90 Å². The second-order valence-corrected chi connectivity index (χ2v) is 8.77. The zero-order valence-corrected chi connectivity index (χ0v) is 18.4. The van der Waals surface area contributed by atoms with Gasteiger partial charge >= 0.3 is 0 Å². The number of hydrogen-bond acceptors (Lipinski definition) is 3. The third-order valence-electron chi connectivity index (χ3n) is 6.12. The monoisotopic (exact) mass is 455 g/mol. The molecule has 29 heavy (non-hydrogen) atoms. The molecule has 5 nitrogen and oxygen atoms in total. The van der Waals surface area contributed by atoms with Gasteiger partial charge in [0.15, 0.2) is 0 Å². The minimum atomic E-state index is -0.798. The molecule has 0 amide bonds. The summed E-state index contributed by atoms with van der Waals surface area (Å²) in [7, 11) is 1.93. The van der Waals surface area contributed by atoms with Crippen LogP contribution in [0, 0.1) is 6.92 Å². The van der Waals surface area contributed by atoms with Crippen LogP contribution in [0.3, 0.4) is 0 Å². The minimum absolute atomic E-state index is 0.0324. The van der Waals surface area contributed by atoms with Gasteiger partial charge in [-0.05, 0) is 49.6 Å². The number of rotatable bonds is 4. The number of nitrogens with zero attached hydrogens (tertiary/aromatic N) is 3. The molecule has 4 rings (SSSR count). The van der Waals surface area contributed by atoms with Gasteiger partial charge in [0.2, 0.25) is 0 Å². The van der Waals surface area contributed by atoms with Crippen LogP contribution in [-0.2, 0) is 19.2 Å². The maximum Gasteiger partial charge on any atom is 0.276 e. The Bertz CT molecular complexity index is 1050. The van der Waals surface area contributed by atoms with Crippen molar-refractivity contribution in [3.8, 4) is 5.69 Å². The van der Waals surface area contributed by atoms with Gasteiger partial charge in [-0.2, -0.15) is 0 Å². The lowest BCUT2D eigenvalue weighted by molar-refractivity contribution is -0.0278. The summed E-state index contributed by atoms with van der Waals surface area (Å²) in [5.74, 6) is 0. The van der Waals surface area contributed by atoms with Crippen molar-refractivity contribution in [1.82, 2.24) is 14.3 Å². The highest BCUT2D eigenvalue weighted by Gasteiger charge is 2.34. The second kappa shape index (κ2) is 7.94. The van der Waals surface area contributed by atoms with Crippen molar-refractivity contribution in [3.05, 3.63) is 86.2 Å². The number of hydrogen-bond donors (Lipinski definition) is 1. The average molecular weight is 456 g/mol. The van der Waals surface area contributed by atoms with Gasteiger partial charge < -0.3 is 5.11 Å². The summed E-state index contributed by atoms with van der Waals surface area (Å²) in [6.07, 6.45) is 1.32. The van der Waals surface area contributed by atoms with Crippen molar-refractivity contribution in [1.29, 1.82) is 0 Å². The average Bonchev–Trinajstić information content (AvgIpc) is 2.94. The minimum Gasteiger partial charge on any atom is -0.385 e. The van der Waals surface area contributed by atoms with Crippen LogP contribution in [0.2, 0.25) is 0 Å². The van der Waals surface area contributed by atoms with Crippen LogP contribution in [0.15, 0.2) is 63.9 Å². The van der Waals surface area contributed by atoms with Crippen molar-refractivity contribution in [2.24, 2.45) is 7.05 Å². The molecule has 0 aliphatic carbocycles. The first-order valence-corrected chi connectivity index (χ1v) is 10.7. The van der Waals surface area contributed by atoms with Gasteiger partial charge in [0, 0.05) is 36.8 Å². The van der Waals surface area contributed by atoms with E-state index in [1.54, 1.807) is 4.68 Å². The quantitative estimate of drug-likeness (QED) is 0.651. The maximum absolute atomic E-state index is 13.1. The van der Waals surface area contributed by atoms with Gasteiger partial charge in [-0.1, -0.05) is 46.3 Å². The second-order valence-electron chi connectivity index (χ2n) is 7.85. The molecule has 0 saturated carbocycles. The Labute approximate surface area is 179 Å². The number of benzene rings is 2. The molecule has 1 aliphatic heterocycles. The molecule has 1 N–H and O–H groups in total. The Kier molecular flexibility index (Phi) is 5.51. The molecule has 2 aromatic carbocycles. The molecule has 2 heterocycles. The van der Waals surface area contributed by atoms with Crippen molar-refractivity contribution in [3.63, 3.8) is 0 Å². The SMILES string of the molecule is Cc1c(CN2CCC(O)(c3ccc(Br)cc3)CC2)c(=O)n(-c2ccccc2)n1C. The largest absolute Gasteiger partial charge is 0.385 e. The Morgan fingerprint density at radius 2 is 1.66 bits per heavy atom. The highest BCUT2D eigenvalue weighted by atomic mass is 79.9. The van der Waals surface area contributed by atoms with Crippen LogP contribution in [0.25, 0.3) is 5.69 Å². The Hall–Kier alpha value is -2.15. The van der Waals surface area contributed by atoms with Crippen molar-refractivity contribution < 1.29 is 5.11 Å². The third-order valence-corrected chi connectivity index (χ3v) is 6.65. The van der Waals surface area contributed by atoms with Gasteiger partial charge in [0.05, 0.1) is 16.9 Å². The maximum atomic E-state index is 13.1. The fraction of sp³-hybridized carbons (Fsp3) is 0.348. The molecule has 6 heteroatoms. The van der Waals surface area contributed by atoms with E-state index in [4.69, 9.17) is 0 Å². The number of halogens is 1. The van der Waals surface area contributed by atoms with Gasteiger partial charge in [-0.15, -0.1) is 0 Å². The van der Waals surface area contributed by atoms with Gasteiger partial charge in [-0.3, -0.25) is 14.4 Å². The van der Waals surface area contributed by atoms with E-state index in [-0.39, 0.29) is 5.56 Å². The Balaban J connectivity index is 1.52. The van der Waals surface area contributed by atoms with Crippen LogP contribution in [0.1, 0.15) is 29.7 Å². The zero-order valence-electron chi connectivity index (χ0n) is 16.8. The fourth-order valence-electron chi connectivity index (χ4n) is 4.16. The first kappa shape index (κ1) is 20.1. The van der Waals surface area contributed by atoms with E-state index in [0.29, 0.717) is 19.4 Å². The number of aromatic nitrogens is 2. The number of para-hydroxylation sites is 1. The van der Waals surface area contributed by atoms with Crippen LogP contribution in [0.4, 0.5) is 0 Å². The molecule has 1 aliphatic rings. The molecule has 1 aromatic heterocycles. The predicted octanol–water partition coefficient (Wildman–Crippen LogP) is 3.73. The summed E-state index contributed by atoms with van der Waals surface area (Å²) in [5, 5.41) is 11.1. The third kappa shape index (κ3) is 3.84. The predicted molar refractivity (Wildman–Crippen MR) is 118 cm³/mol. The van der Waals surface area contributed by atoms with Crippen molar-refractivity contribution in [2.45, 2.75) is 31.9 Å². The van der Waals surface area contributed by atoms with Crippen molar-refractivity contribution >= 4 is 15.9 Å². The molecule has 0 unspecified atom stereocenters. The van der Waals surface area contributed by atoms with Crippen molar-refractivity contribution in [2.75, 3.05) is 13.1 Å². The lowest BCUT2D eigenvalue weighted by Gasteiger charge is -2.38. The molecular weight excluding hydrogens is 430 g/mol. The molecule has 3 aromatic rings. The Morgan fingerprint density at radius 3 is 2.28 bits per heavy atom. The van der Waals surface area contributed by atoms with Crippen LogP contribution in [0.5, 0.6) is 0 Å². The van der Waals surface area contributed by atoms with E-state index in [0.717, 1.165) is 40.1 Å². The topological polar surface area (TPSA) is 50.4 Å². The zero-order chi connectivity index (χ0) is 20.6. The lowest BCUT2D eigenvalue weighted by atomic mass is 9.84. The van der Waals surface area contributed by atoms with Crippen LogP contribution < -0.4 is 5.56 Å². The van der Waals surface area contributed by atoms with Gasteiger partial charge in [0.1, 0.15) is 0 Å². The first-order chi connectivity index (χ1) is 13.9. The van der Waals surface area contributed by atoms with E-state index in [2.05, 4.69) is 20.8 Å². The van der Waals surface area contributed by atoms with Crippen LogP contribution in [-0.4, -0.2) is 32.5 Å². The highest BCUT2D eigenvalue weighted by molar-refractivity contribution is 9.10. The molecule has 152 valence electrons. The summed E-state index contributed by atoms with van der Waals surface area (Å²) in [4.78, 5) is 15.4. The standard InChI is InChI=1S/C23H26BrN3O2/c1-17-21(22(28)27(25(17)2)20-6-4-3-5-7-20)16-26-14-12-23(29,13-15-26)18-8-10-19(24)11-9-18/h3-11,29H,12-16H2,1-2H3. The summed E-state index contributed by atoms with van der Waals surface area (Å²) >= 11 is 3.45. The normalized spacial score (nSPS) is 16.8. The highest BCUT2D eigenvalue weighted by Crippen LogP contribution is 2.33. The molecular formula is C23H26BrN3O2. The van der Waals surface area contributed by atoms with E-state index < -0.39 is 5.60 Å². The summed E-state index contributed by atoms with van der Waals surface area (Å²) < 4.78 is 4.67. The van der Waals surface area contributed by atoms with Gasteiger partial charge in [0.25, 0.3) is 5.56 Å². The molecule has 0 spiro atoms. The van der Waals surface area contributed by atoms with E-state index >= 15 is 0 Å². The van der Waals surface area contributed by atoms with Crippen LogP contribution >= 0.6 is 15.9 Å². The molecule has 1 saturated heterocycles. The number of piperidine rings is 1. The first-order valence-electron chi connectivity index (χ1n) is 9.93. The van der Waals surface area contributed by atoms with E-state index in [1.165, 1.54) is 0 Å². The smallest absolute Gasteiger partial charge is 0.276 e. The molecule has 0 bridgehead atoms. The lowest BCUT2D eigenvalue weighted by Crippen LogP contribution is -2.42. The number of aliphatic hydroxyl groups is 1. The molecule has 0 radical (unpaired) electrons. The van der Waals surface area contributed by atoms with E-state index in [1.807, 2.05) is 73.3 Å². The molecule has 1 fully saturated rings. The Morgan fingerprint density at radius 1 is 1.03 bits per heavy atom. The summed E-state index contributed by atoms with van der Waals surface area (Å²) in [6.45, 7) is 4.12. The fourth-order valence-corrected chi connectivity index (χ4v) is 4.42. The summed E-state index contributed by atoms with van der Waals surface area (Å²) in [6, 6.07) is 17.6. The number of likely N-dealkylation sites (tertiary alicyclic amines) is 1. The molecule has 0 atom stereocenters.